The highest BCUT2D eigenvalue weighted by atomic mass is 35.5. The first-order chi connectivity index (χ1) is 12.5. The van der Waals surface area contributed by atoms with Gasteiger partial charge in [-0.25, -0.2) is 4.98 Å². The highest BCUT2D eigenvalue weighted by Crippen LogP contribution is 2.37. The van der Waals surface area contributed by atoms with Gasteiger partial charge in [0.15, 0.2) is 5.82 Å². The summed E-state index contributed by atoms with van der Waals surface area (Å²) >= 11 is 6.07. The molecule has 0 amide bonds. The number of nitro groups is 1. The van der Waals surface area contributed by atoms with E-state index in [0.717, 1.165) is 24.8 Å². The van der Waals surface area contributed by atoms with E-state index in [1.54, 1.807) is 6.07 Å². The summed E-state index contributed by atoms with van der Waals surface area (Å²) in [6.45, 7) is 6.09. The molecule has 0 N–H and O–H groups in total. The van der Waals surface area contributed by atoms with Gasteiger partial charge in [-0.1, -0.05) is 37.4 Å². The maximum Gasteiger partial charge on any atom is 0.286 e. The van der Waals surface area contributed by atoms with Crippen molar-refractivity contribution < 1.29 is 9.66 Å². The summed E-state index contributed by atoms with van der Waals surface area (Å²) in [5, 5.41) is 12.0. The van der Waals surface area contributed by atoms with Crippen LogP contribution in [-0.2, 0) is 4.74 Å². The Hall–Kier alpha value is -1.86. The van der Waals surface area contributed by atoms with Crippen LogP contribution >= 0.6 is 11.6 Å². The molecule has 0 spiro atoms. The lowest BCUT2D eigenvalue weighted by atomic mass is 10.1. The molecular formula is C18H25ClN4O3. The van der Waals surface area contributed by atoms with E-state index in [9.17, 15) is 10.1 Å². The van der Waals surface area contributed by atoms with Crippen LogP contribution in [0.15, 0.2) is 23.7 Å². The van der Waals surface area contributed by atoms with E-state index in [1.165, 1.54) is 0 Å². The van der Waals surface area contributed by atoms with Crippen LogP contribution < -0.4 is 4.90 Å². The Morgan fingerprint density at radius 2 is 2.19 bits per heavy atom. The zero-order valence-electron chi connectivity index (χ0n) is 15.3. The van der Waals surface area contributed by atoms with E-state index < -0.39 is 0 Å². The lowest BCUT2D eigenvalue weighted by Crippen LogP contribution is -2.41. The maximum atomic E-state index is 11.6. The number of hydrogen-bond donors (Lipinski definition) is 0. The van der Waals surface area contributed by atoms with Crippen molar-refractivity contribution in [3.05, 3.63) is 44.5 Å². The topological polar surface area (TPSA) is 71.7 Å². The van der Waals surface area contributed by atoms with Crippen LogP contribution in [0.4, 0.5) is 5.82 Å². The highest BCUT2D eigenvalue weighted by Gasteiger charge is 2.43. The van der Waals surface area contributed by atoms with Crippen molar-refractivity contribution in [2.75, 3.05) is 24.6 Å². The van der Waals surface area contributed by atoms with E-state index >= 15 is 0 Å². The molecule has 1 aromatic heterocycles. The SMILES string of the molecule is CCCCCOC1CCC([N+](=O)[O-])=C2N(c3nc(Cl)ccc3C)CCN21. The quantitative estimate of drug-likeness (QED) is 0.309. The molecule has 26 heavy (non-hydrogen) atoms. The molecular weight excluding hydrogens is 356 g/mol. The van der Waals surface area contributed by atoms with Gasteiger partial charge >= 0.3 is 0 Å². The number of hydrogen-bond acceptors (Lipinski definition) is 6. The number of ether oxygens (including phenoxy) is 1. The Morgan fingerprint density at radius 3 is 2.92 bits per heavy atom. The van der Waals surface area contributed by atoms with Crippen molar-refractivity contribution in [1.82, 2.24) is 9.88 Å². The number of allylic oxidation sites excluding steroid dienone is 1. The van der Waals surface area contributed by atoms with Crippen LogP contribution in [0.3, 0.4) is 0 Å². The number of anilines is 1. The van der Waals surface area contributed by atoms with Crippen molar-refractivity contribution in [3.63, 3.8) is 0 Å². The molecule has 0 aromatic carbocycles. The van der Waals surface area contributed by atoms with Gasteiger partial charge < -0.3 is 14.5 Å². The third-order valence-electron chi connectivity index (χ3n) is 4.90. The van der Waals surface area contributed by atoms with Crippen LogP contribution in [-0.4, -0.2) is 40.7 Å². The second-order valence-corrected chi connectivity index (χ2v) is 7.11. The first-order valence-electron chi connectivity index (χ1n) is 9.19. The number of pyridine rings is 1. The maximum absolute atomic E-state index is 11.6. The van der Waals surface area contributed by atoms with Crippen molar-refractivity contribution in [2.45, 2.75) is 52.2 Å². The highest BCUT2D eigenvalue weighted by molar-refractivity contribution is 6.29. The fourth-order valence-electron chi connectivity index (χ4n) is 3.60. The summed E-state index contributed by atoms with van der Waals surface area (Å²) in [7, 11) is 0. The van der Waals surface area contributed by atoms with E-state index in [2.05, 4.69) is 11.9 Å². The second-order valence-electron chi connectivity index (χ2n) is 6.72. The molecule has 1 aromatic rings. The van der Waals surface area contributed by atoms with Crippen LogP contribution in [0.5, 0.6) is 0 Å². The lowest BCUT2D eigenvalue weighted by Gasteiger charge is -2.34. The van der Waals surface area contributed by atoms with Crippen molar-refractivity contribution in [1.29, 1.82) is 0 Å². The third kappa shape index (κ3) is 3.78. The average molecular weight is 381 g/mol. The van der Waals surface area contributed by atoms with Crippen LogP contribution in [0.1, 0.15) is 44.6 Å². The molecule has 142 valence electrons. The van der Waals surface area contributed by atoms with E-state index in [1.807, 2.05) is 22.8 Å². The number of unbranched alkanes of at least 4 members (excludes halogenated alkanes) is 2. The number of halogens is 1. The largest absolute Gasteiger partial charge is 0.358 e. The van der Waals surface area contributed by atoms with Crippen LogP contribution in [0, 0.1) is 17.0 Å². The van der Waals surface area contributed by atoms with Gasteiger partial charge in [0.25, 0.3) is 5.70 Å². The molecule has 0 saturated carbocycles. The van der Waals surface area contributed by atoms with Crippen molar-refractivity contribution in [2.24, 2.45) is 0 Å². The predicted octanol–water partition coefficient (Wildman–Crippen LogP) is 3.94. The summed E-state index contributed by atoms with van der Waals surface area (Å²) in [4.78, 5) is 19.7. The zero-order chi connectivity index (χ0) is 18.7. The normalized spacial score (nSPS) is 19.9. The molecule has 3 rings (SSSR count). The first-order valence-corrected chi connectivity index (χ1v) is 9.57. The number of aryl methyl sites for hydroxylation is 1. The molecule has 1 atom stereocenters. The molecule has 8 heteroatoms. The van der Waals surface area contributed by atoms with Gasteiger partial charge in [-0.15, -0.1) is 0 Å². The van der Waals surface area contributed by atoms with Gasteiger partial charge in [-0.3, -0.25) is 10.1 Å². The molecule has 0 bridgehead atoms. The molecule has 0 aliphatic carbocycles. The lowest BCUT2D eigenvalue weighted by molar-refractivity contribution is -0.432. The molecule has 1 saturated heterocycles. The van der Waals surface area contributed by atoms with Gasteiger partial charge in [-0.2, -0.15) is 0 Å². The van der Waals surface area contributed by atoms with Crippen LogP contribution in [0.25, 0.3) is 0 Å². The molecule has 2 aliphatic heterocycles. The minimum absolute atomic E-state index is 0.116. The summed E-state index contributed by atoms with van der Waals surface area (Å²) < 4.78 is 6.06. The van der Waals surface area contributed by atoms with Crippen molar-refractivity contribution >= 4 is 17.4 Å². The van der Waals surface area contributed by atoms with Crippen molar-refractivity contribution in [3.8, 4) is 0 Å². The Labute approximate surface area is 158 Å². The number of nitrogens with zero attached hydrogens (tertiary/aromatic N) is 4. The van der Waals surface area contributed by atoms with Gasteiger partial charge in [0.05, 0.1) is 4.92 Å². The summed E-state index contributed by atoms with van der Waals surface area (Å²) in [6, 6.07) is 3.62. The van der Waals surface area contributed by atoms with Crippen LogP contribution in [0.2, 0.25) is 5.15 Å². The standard InChI is InChI=1S/C18H25ClN4O3/c1-3-4-5-12-26-16-9-7-14(23(24)25)18-21(16)10-11-22(18)17-13(2)6-8-15(19)20-17/h6,8,16H,3-5,7,9-12H2,1-2H3. The van der Waals surface area contributed by atoms with E-state index in [4.69, 9.17) is 16.3 Å². The number of fused-ring (bicyclic) bond motifs is 1. The molecule has 2 aliphatic rings. The smallest absolute Gasteiger partial charge is 0.286 e. The Morgan fingerprint density at radius 1 is 1.38 bits per heavy atom. The first kappa shape index (κ1) is 18.9. The minimum atomic E-state index is -0.270. The summed E-state index contributed by atoms with van der Waals surface area (Å²) in [6.07, 6.45) is 4.21. The molecule has 0 radical (unpaired) electrons. The van der Waals surface area contributed by atoms with E-state index in [0.29, 0.717) is 49.3 Å². The molecule has 7 nitrogen and oxygen atoms in total. The fourth-order valence-corrected chi connectivity index (χ4v) is 3.74. The second kappa shape index (κ2) is 8.22. The number of aromatic nitrogens is 1. The van der Waals surface area contributed by atoms with Gasteiger partial charge in [0, 0.05) is 32.5 Å². The monoisotopic (exact) mass is 380 g/mol. The Kier molecular flexibility index (Phi) is 5.98. The predicted molar refractivity (Wildman–Crippen MR) is 101 cm³/mol. The third-order valence-corrected chi connectivity index (χ3v) is 5.11. The molecule has 1 fully saturated rings. The molecule has 3 heterocycles. The fraction of sp³-hybridized carbons (Fsp3) is 0.611. The van der Waals surface area contributed by atoms with E-state index in [-0.39, 0.29) is 16.8 Å². The van der Waals surface area contributed by atoms with Gasteiger partial charge in [-0.05, 0) is 25.0 Å². The Bertz CT molecular complexity index is 710. The molecule has 1 unspecified atom stereocenters. The van der Waals surface area contributed by atoms with Gasteiger partial charge in [0.2, 0.25) is 0 Å². The summed E-state index contributed by atoms with van der Waals surface area (Å²) in [5.41, 5.74) is 1.18. The van der Waals surface area contributed by atoms with Gasteiger partial charge in [0.1, 0.15) is 17.2 Å². The minimum Gasteiger partial charge on any atom is -0.358 e. The number of rotatable bonds is 7. The summed E-state index contributed by atoms with van der Waals surface area (Å²) in [5.74, 6) is 1.29. The average Bonchev–Trinajstić information content (AvgIpc) is 3.05. The zero-order valence-corrected chi connectivity index (χ0v) is 16.0. The Balaban J connectivity index is 1.88.